The molecule has 0 saturated carbocycles. The van der Waals surface area contributed by atoms with Crippen LogP contribution >= 0.6 is 0 Å². The van der Waals surface area contributed by atoms with Crippen molar-refractivity contribution in [2.24, 2.45) is 0 Å². The van der Waals surface area contributed by atoms with E-state index in [0.29, 0.717) is 17.5 Å². The number of piperidine rings is 1. The number of carbonyl (C=O) groups excluding carboxylic acids is 2. The summed E-state index contributed by atoms with van der Waals surface area (Å²) in [5.74, 6) is -0.398. The summed E-state index contributed by atoms with van der Waals surface area (Å²) in [4.78, 5) is 28.0. The summed E-state index contributed by atoms with van der Waals surface area (Å²) < 4.78 is 5.63. The molecule has 1 fully saturated rings. The molecule has 2 aliphatic heterocycles. The number of nitrogens with zero attached hydrogens (tertiary/aromatic N) is 1. The molecule has 5 heteroatoms. The van der Waals surface area contributed by atoms with Crippen LogP contribution in [0.4, 0.5) is 0 Å². The summed E-state index contributed by atoms with van der Waals surface area (Å²) in [5.41, 5.74) is 4.36. The fraction of sp³-hybridized carbons (Fsp3) is 0.310. The minimum atomic E-state index is -0.329. The number of cyclic esters (lactones) is 1. The molecule has 1 unspecified atom stereocenters. The topological polar surface area (TPSA) is 58.6 Å². The van der Waals surface area contributed by atoms with Crippen molar-refractivity contribution in [2.45, 2.75) is 37.8 Å². The zero-order valence-corrected chi connectivity index (χ0v) is 19.3. The number of esters is 1. The number of carbonyl (C=O) groups is 2. The smallest absolute Gasteiger partial charge is 0.339 e. The van der Waals surface area contributed by atoms with E-state index in [1.165, 1.54) is 5.56 Å². The normalized spacial score (nSPS) is 18.7. The second kappa shape index (κ2) is 10.2. The molecule has 0 radical (unpaired) electrons. The molecule has 34 heavy (non-hydrogen) atoms. The molecule has 2 heterocycles. The zero-order chi connectivity index (χ0) is 23.3. The number of nitrogens with one attached hydrogen (secondary N) is 1. The van der Waals surface area contributed by atoms with Crippen LogP contribution < -0.4 is 5.32 Å². The maximum Gasteiger partial charge on any atom is 0.339 e. The zero-order valence-electron chi connectivity index (χ0n) is 19.3. The van der Waals surface area contributed by atoms with Crippen LogP contribution in [0.2, 0.25) is 0 Å². The lowest BCUT2D eigenvalue weighted by Gasteiger charge is -2.32. The highest BCUT2D eigenvalue weighted by atomic mass is 16.5. The Balaban J connectivity index is 1.16. The van der Waals surface area contributed by atoms with E-state index in [1.54, 1.807) is 12.1 Å². The lowest BCUT2D eigenvalue weighted by molar-refractivity contribution is 0.0252. The molecule has 0 aromatic heterocycles. The predicted molar refractivity (Wildman–Crippen MR) is 132 cm³/mol. The Hall–Kier alpha value is -3.44. The first-order valence-electron chi connectivity index (χ1n) is 12.1. The number of likely N-dealkylation sites (tertiary alicyclic amines) is 1. The van der Waals surface area contributed by atoms with Crippen molar-refractivity contribution in [3.05, 3.63) is 107 Å². The van der Waals surface area contributed by atoms with Gasteiger partial charge in [0.1, 0.15) is 6.10 Å². The van der Waals surface area contributed by atoms with Gasteiger partial charge >= 0.3 is 5.97 Å². The molecule has 5 rings (SSSR count). The Kier molecular flexibility index (Phi) is 6.72. The first kappa shape index (κ1) is 22.4. The monoisotopic (exact) mass is 454 g/mol. The van der Waals surface area contributed by atoms with Gasteiger partial charge in [-0.2, -0.15) is 0 Å². The highest BCUT2D eigenvalue weighted by Crippen LogP contribution is 2.31. The second-order valence-electron chi connectivity index (χ2n) is 9.21. The number of ether oxygens (including phenoxy) is 1. The van der Waals surface area contributed by atoms with Gasteiger partial charge in [-0.1, -0.05) is 60.7 Å². The van der Waals surface area contributed by atoms with E-state index >= 15 is 0 Å². The lowest BCUT2D eigenvalue weighted by Crippen LogP contribution is -2.45. The highest BCUT2D eigenvalue weighted by Gasteiger charge is 2.28. The molecule has 1 N–H and O–H groups in total. The highest BCUT2D eigenvalue weighted by molar-refractivity contribution is 5.98. The molecule has 3 aromatic carbocycles. The van der Waals surface area contributed by atoms with E-state index < -0.39 is 0 Å². The van der Waals surface area contributed by atoms with E-state index in [2.05, 4.69) is 34.5 Å². The van der Waals surface area contributed by atoms with E-state index in [1.807, 2.05) is 42.5 Å². The average Bonchev–Trinajstić information content (AvgIpc) is 2.89. The molecule has 2 aliphatic rings. The number of hydrogen-bond acceptors (Lipinski definition) is 4. The lowest BCUT2D eigenvalue weighted by atomic mass is 9.93. The van der Waals surface area contributed by atoms with Gasteiger partial charge in [-0.05, 0) is 54.2 Å². The van der Waals surface area contributed by atoms with Gasteiger partial charge in [-0.15, -0.1) is 0 Å². The SMILES string of the molecule is O=C(NC1CCN(CCc2ccccc2)CC1)c1ccc2c(c1)CC(c1ccccc1)OC2=O. The van der Waals surface area contributed by atoms with Crippen molar-refractivity contribution in [1.82, 2.24) is 10.2 Å². The van der Waals surface area contributed by atoms with Crippen LogP contribution in [0.3, 0.4) is 0 Å². The minimum Gasteiger partial charge on any atom is -0.454 e. The molecule has 3 aromatic rings. The third-order valence-electron chi connectivity index (χ3n) is 6.90. The van der Waals surface area contributed by atoms with E-state index in [0.717, 1.165) is 50.0 Å². The maximum atomic E-state index is 13.0. The molecule has 1 atom stereocenters. The van der Waals surface area contributed by atoms with Gasteiger partial charge in [0, 0.05) is 37.7 Å². The second-order valence-corrected chi connectivity index (χ2v) is 9.21. The summed E-state index contributed by atoms with van der Waals surface area (Å²) in [5, 5.41) is 3.21. The molecule has 0 bridgehead atoms. The fourth-order valence-electron chi connectivity index (χ4n) is 4.89. The minimum absolute atomic E-state index is 0.0688. The Bertz CT molecular complexity index is 1140. The molecular formula is C29H30N2O3. The van der Waals surface area contributed by atoms with Crippen LogP contribution in [-0.4, -0.2) is 42.5 Å². The maximum absolute atomic E-state index is 13.0. The number of benzene rings is 3. The van der Waals surface area contributed by atoms with Crippen molar-refractivity contribution < 1.29 is 14.3 Å². The van der Waals surface area contributed by atoms with Crippen molar-refractivity contribution >= 4 is 11.9 Å². The van der Waals surface area contributed by atoms with Gasteiger partial charge in [-0.3, -0.25) is 4.79 Å². The summed E-state index contributed by atoms with van der Waals surface area (Å²) >= 11 is 0. The van der Waals surface area contributed by atoms with Crippen LogP contribution in [0.15, 0.2) is 78.9 Å². The standard InChI is InChI=1S/C29H30N2O3/c32-28(30-25-14-17-31(18-15-25)16-13-21-7-3-1-4-8-21)23-11-12-26-24(19-23)20-27(34-29(26)33)22-9-5-2-6-10-22/h1-12,19,25,27H,13-18,20H2,(H,30,32). The average molecular weight is 455 g/mol. The van der Waals surface area contributed by atoms with Crippen LogP contribution in [0.1, 0.15) is 56.4 Å². The van der Waals surface area contributed by atoms with Gasteiger partial charge in [0.15, 0.2) is 0 Å². The summed E-state index contributed by atoms with van der Waals surface area (Å²) in [6.07, 6.45) is 3.22. The van der Waals surface area contributed by atoms with Crippen LogP contribution in [0, 0.1) is 0 Å². The first-order chi connectivity index (χ1) is 16.7. The van der Waals surface area contributed by atoms with Gasteiger partial charge < -0.3 is 15.0 Å². The first-order valence-corrected chi connectivity index (χ1v) is 12.1. The van der Waals surface area contributed by atoms with Crippen molar-refractivity contribution in [2.75, 3.05) is 19.6 Å². The molecule has 0 spiro atoms. The summed E-state index contributed by atoms with van der Waals surface area (Å²) in [6, 6.07) is 25.8. The van der Waals surface area contributed by atoms with Crippen molar-refractivity contribution in [1.29, 1.82) is 0 Å². The van der Waals surface area contributed by atoms with Crippen LogP contribution in [0.5, 0.6) is 0 Å². The van der Waals surface area contributed by atoms with Crippen LogP contribution in [-0.2, 0) is 17.6 Å². The van der Waals surface area contributed by atoms with Crippen molar-refractivity contribution in [3.8, 4) is 0 Å². The number of rotatable bonds is 6. The van der Waals surface area contributed by atoms with Gasteiger partial charge in [0.05, 0.1) is 5.56 Å². The van der Waals surface area contributed by atoms with Crippen LogP contribution in [0.25, 0.3) is 0 Å². The predicted octanol–water partition coefficient (Wildman–Crippen LogP) is 4.58. The summed E-state index contributed by atoms with van der Waals surface area (Å²) in [6.45, 7) is 3.04. The third-order valence-corrected chi connectivity index (χ3v) is 6.90. The number of hydrogen-bond donors (Lipinski definition) is 1. The van der Waals surface area contributed by atoms with Gasteiger partial charge in [-0.25, -0.2) is 4.79 Å². The van der Waals surface area contributed by atoms with E-state index in [4.69, 9.17) is 4.74 Å². The molecule has 5 nitrogen and oxygen atoms in total. The van der Waals surface area contributed by atoms with E-state index in [-0.39, 0.29) is 24.0 Å². The van der Waals surface area contributed by atoms with Crippen molar-refractivity contribution in [3.63, 3.8) is 0 Å². The molecular weight excluding hydrogens is 424 g/mol. The van der Waals surface area contributed by atoms with Gasteiger partial charge in [0.25, 0.3) is 5.91 Å². The Morgan fingerprint density at radius 1 is 0.941 bits per heavy atom. The van der Waals surface area contributed by atoms with Gasteiger partial charge in [0.2, 0.25) is 0 Å². The fourth-order valence-corrected chi connectivity index (χ4v) is 4.89. The number of amides is 1. The largest absolute Gasteiger partial charge is 0.454 e. The Morgan fingerprint density at radius 2 is 1.65 bits per heavy atom. The van der Waals surface area contributed by atoms with E-state index in [9.17, 15) is 9.59 Å². The molecule has 1 saturated heterocycles. The quantitative estimate of drug-likeness (QED) is 0.554. The molecule has 0 aliphatic carbocycles. The molecule has 1 amide bonds. The molecule has 174 valence electrons. The third kappa shape index (κ3) is 5.20. The summed E-state index contributed by atoms with van der Waals surface area (Å²) in [7, 11) is 0. The number of fused-ring (bicyclic) bond motifs is 1. The Morgan fingerprint density at radius 3 is 2.38 bits per heavy atom. The Labute approximate surface area is 200 Å².